The van der Waals surface area contributed by atoms with Crippen molar-refractivity contribution in [3.8, 4) is 17.2 Å². The maximum Gasteiger partial charge on any atom is 0.386 e. The first-order valence-electron chi connectivity index (χ1n) is 6.21. The zero-order chi connectivity index (χ0) is 14.8. The normalized spacial score (nSPS) is 10.3. The van der Waals surface area contributed by atoms with Crippen LogP contribution < -0.4 is 9.84 Å². The molecule has 4 nitrogen and oxygen atoms in total. The first-order chi connectivity index (χ1) is 10.2. The molecule has 0 aliphatic carbocycles. The highest BCUT2D eigenvalue weighted by molar-refractivity contribution is 9.10. The summed E-state index contributed by atoms with van der Waals surface area (Å²) in [6.07, 6.45) is 0. The second-order valence-corrected chi connectivity index (χ2v) is 5.25. The van der Waals surface area contributed by atoms with Crippen LogP contribution in [-0.2, 0) is 0 Å². The van der Waals surface area contributed by atoms with E-state index in [1.165, 1.54) is 6.07 Å². The predicted octanol–water partition coefficient (Wildman–Crippen LogP) is 4.95. The van der Waals surface area contributed by atoms with Gasteiger partial charge in [0, 0.05) is 9.86 Å². The summed E-state index contributed by atoms with van der Waals surface area (Å²) in [5, 5.41) is 22.1. The lowest BCUT2D eigenvalue weighted by Crippen LogP contribution is -1.92. The van der Waals surface area contributed by atoms with Crippen LogP contribution in [0.2, 0.25) is 0 Å². The summed E-state index contributed by atoms with van der Waals surface area (Å²) in [6, 6.07) is 15.9. The maximum atomic E-state index is 11.8. The SMILES string of the molecule is N#[N+]c1c([O-])ccc2c(Oc3ccccc3)ccc(Br)c12. The highest BCUT2D eigenvalue weighted by Gasteiger charge is 2.18. The summed E-state index contributed by atoms with van der Waals surface area (Å²) in [5.41, 5.74) is -0.00196. The Morgan fingerprint density at radius 1 is 1.00 bits per heavy atom. The Morgan fingerprint density at radius 3 is 2.48 bits per heavy atom. The van der Waals surface area contributed by atoms with Gasteiger partial charge in [-0.2, -0.15) is 0 Å². The number of nitrogens with zero attached hydrogens (tertiary/aromatic N) is 2. The number of hydrogen-bond acceptors (Lipinski definition) is 3. The molecule has 0 saturated heterocycles. The molecule has 102 valence electrons. The third-order valence-electron chi connectivity index (χ3n) is 3.10. The van der Waals surface area contributed by atoms with E-state index in [9.17, 15) is 5.11 Å². The van der Waals surface area contributed by atoms with E-state index in [-0.39, 0.29) is 11.4 Å². The molecule has 0 spiro atoms. The molecule has 3 aromatic carbocycles. The Hall–Kier alpha value is -2.58. The molecule has 0 fully saturated rings. The number of para-hydroxylation sites is 1. The number of rotatable bonds is 2. The summed E-state index contributed by atoms with van der Waals surface area (Å²) < 4.78 is 6.51. The number of diazo groups is 1. The molecule has 3 rings (SSSR count). The Labute approximate surface area is 129 Å². The lowest BCUT2D eigenvalue weighted by molar-refractivity contribution is -0.266. The van der Waals surface area contributed by atoms with Gasteiger partial charge in [-0.25, -0.2) is 0 Å². The minimum absolute atomic E-state index is 0.00196. The third kappa shape index (κ3) is 2.41. The number of fused-ring (bicyclic) bond motifs is 1. The Kier molecular flexibility index (Phi) is 3.46. The van der Waals surface area contributed by atoms with Crippen molar-refractivity contribution in [3.05, 3.63) is 64.0 Å². The van der Waals surface area contributed by atoms with Crippen LogP contribution in [-0.4, -0.2) is 0 Å². The monoisotopic (exact) mass is 340 g/mol. The average molecular weight is 341 g/mol. The maximum absolute atomic E-state index is 11.8. The largest absolute Gasteiger partial charge is 0.867 e. The van der Waals surface area contributed by atoms with Crippen molar-refractivity contribution in [1.29, 1.82) is 5.39 Å². The van der Waals surface area contributed by atoms with E-state index in [0.717, 1.165) is 0 Å². The van der Waals surface area contributed by atoms with Crippen LogP contribution in [0.5, 0.6) is 17.2 Å². The fraction of sp³-hybridized carbons (Fsp3) is 0. The van der Waals surface area contributed by atoms with Crippen LogP contribution in [0.4, 0.5) is 5.69 Å². The lowest BCUT2D eigenvalue weighted by atomic mass is 10.1. The minimum atomic E-state index is -0.345. The van der Waals surface area contributed by atoms with Crippen molar-refractivity contribution < 1.29 is 9.84 Å². The van der Waals surface area contributed by atoms with Gasteiger partial charge < -0.3 is 9.84 Å². The van der Waals surface area contributed by atoms with Gasteiger partial charge >= 0.3 is 5.69 Å². The molecular weight excluding hydrogens is 332 g/mol. The molecule has 0 saturated carbocycles. The molecule has 0 N–H and O–H groups in total. The third-order valence-corrected chi connectivity index (χ3v) is 3.76. The van der Waals surface area contributed by atoms with Gasteiger partial charge in [-0.3, -0.25) is 0 Å². The number of halogens is 1. The summed E-state index contributed by atoms with van der Waals surface area (Å²) in [4.78, 5) is 3.11. The van der Waals surface area contributed by atoms with E-state index in [4.69, 9.17) is 10.1 Å². The van der Waals surface area contributed by atoms with Crippen LogP contribution in [0.1, 0.15) is 0 Å². The predicted molar refractivity (Wildman–Crippen MR) is 82.4 cm³/mol. The van der Waals surface area contributed by atoms with Crippen molar-refractivity contribution in [2.45, 2.75) is 0 Å². The Balaban J connectivity index is 2.22. The van der Waals surface area contributed by atoms with E-state index in [1.54, 1.807) is 18.2 Å². The molecule has 0 aliphatic rings. The topological polar surface area (TPSA) is 60.4 Å². The van der Waals surface area contributed by atoms with Crippen molar-refractivity contribution >= 4 is 32.4 Å². The average Bonchev–Trinajstić information content (AvgIpc) is 2.51. The van der Waals surface area contributed by atoms with E-state index >= 15 is 0 Å². The van der Waals surface area contributed by atoms with Crippen LogP contribution in [0.3, 0.4) is 0 Å². The molecule has 0 radical (unpaired) electrons. The molecule has 0 unspecified atom stereocenters. The van der Waals surface area contributed by atoms with Gasteiger partial charge in [0.2, 0.25) is 5.39 Å². The quantitative estimate of drug-likeness (QED) is 0.620. The zero-order valence-electron chi connectivity index (χ0n) is 10.8. The number of benzene rings is 3. The summed E-state index contributed by atoms with van der Waals surface area (Å²) in [7, 11) is 0. The lowest BCUT2D eigenvalue weighted by Gasteiger charge is -2.11. The smallest absolute Gasteiger partial charge is 0.386 e. The van der Waals surface area contributed by atoms with Gasteiger partial charge in [-0.1, -0.05) is 30.3 Å². The molecule has 21 heavy (non-hydrogen) atoms. The summed E-state index contributed by atoms with van der Waals surface area (Å²) in [5.74, 6) is 0.932. The van der Waals surface area contributed by atoms with Crippen molar-refractivity contribution in [2.24, 2.45) is 0 Å². The number of ether oxygens (including phenoxy) is 1. The van der Waals surface area contributed by atoms with Gasteiger partial charge in [0.05, 0.1) is 5.39 Å². The summed E-state index contributed by atoms with van der Waals surface area (Å²) in [6.45, 7) is 0. The van der Waals surface area contributed by atoms with Crippen LogP contribution >= 0.6 is 15.9 Å². The molecule has 0 amide bonds. The first-order valence-corrected chi connectivity index (χ1v) is 7.00. The highest BCUT2D eigenvalue weighted by Crippen LogP contribution is 2.42. The van der Waals surface area contributed by atoms with Crippen molar-refractivity contribution in [2.75, 3.05) is 0 Å². The fourth-order valence-electron chi connectivity index (χ4n) is 2.14. The molecule has 3 aromatic rings. The van der Waals surface area contributed by atoms with Gasteiger partial charge in [0.25, 0.3) is 0 Å². The molecule has 0 aromatic heterocycles. The van der Waals surface area contributed by atoms with Crippen LogP contribution in [0.15, 0.2) is 59.1 Å². The van der Waals surface area contributed by atoms with Gasteiger partial charge in [0.15, 0.2) is 4.98 Å². The van der Waals surface area contributed by atoms with E-state index in [2.05, 4.69) is 20.9 Å². The molecule has 0 atom stereocenters. The summed E-state index contributed by atoms with van der Waals surface area (Å²) >= 11 is 3.38. The van der Waals surface area contributed by atoms with Gasteiger partial charge in [-0.15, -0.1) is 0 Å². The Bertz CT molecular complexity index is 858. The van der Waals surface area contributed by atoms with Gasteiger partial charge in [-0.05, 0) is 45.9 Å². The number of hydrogen-bond donors (Lipinski definition) is 0. The Morgan fingerprint density at radius 2 is 1.76 bits per heavy atom. The van der Waals surface area contributed by atoms with E-state index in [0.29, 0.717) is 26.7 Å². The molecule has 0 heterocycles. The molecule has 0 bridgehead atoms. The minimum Gasteiger partial charge on any atom is -0.867 e. The standard InChI is InChI=1S/C16H9BrN2O2/c17-12-7-9-14(21-10-4-2-1-3-5-10)11-6-8-13(20)16(19-18)15(11)12/h1-9H. The van der Waals surface area contributed by atoms with E-state index < -0.39 is 0 Å². The molecular formula is C16H9BrN2O2. The van der Waals surface area contributed by atoms with Crippen LogP contribution in [0.25, 0.3) is 15.7 Å². The zero-order valence-corrected chi connectivity index (χ0v) is 12.4. The highest BCUT2D eigenvalue weighted by atomic mass is 79.9. The fourth-order valence-corrected chi connectivity index (χ4v) is 2.68. The molecule has 5 heteroatoms. The second kappa shape index (κ2) is 5.43. The van der Waals surface area contributed by atoms with Gasteiger partial charge in [0.1, 0.15) is 11.5 Å². The van der Waals surface area contributed by atoms with E-state index in [1.807, 2.05) is 30.3 Å². The molecule has 0 aliphatic heterocycles. The first kappa shape index (κ1) is 13.4. The second-order valence-electron chi connectivity index (χ2n) is 4.40. The van der Waals surface area contributed by atoms with Crippen molar-refractivity contribution in [3.63, 3.8) is 0 Å². The van der Waals surface area contributed by atoms with Crippen molar-refractivity contribution in [1.82, 2.24) is 0 Å². The van der Waals surface area contributed by atoms with Crippen LogP contribution in [0, 0.1) is 5.39 Å².